The van der Waals surface area contributed by atoms with E-state index in [1.807, 2.05) is 18.2 Å². The normalized spacial score (nSPS) is 25.5. The van der Waals surface area contributed by atoms with Gasteiger partial charge in [-0.1, -0.05) is 0 Å². The van der Waals surface area contributed by atoms with Crippen LogP contribution in [0.5, 0.6) is 11.5 Å². The first-order valence-electron chi connectivity index (χ1n) is 7.18. The van der Waals surface area contributed by atoms with Gasteiger partial charge in [-0.2, -0.15) is 0 Å². The van der Waals surface area contributed by atoms with E-state index in [4.69, 9.17) is 9.47 Å². The fourth-order valence-corrected chi connectivity index (χ4v) is 3.40. The lowest BCUT2D eigenvalue weighted by molar-refractivity contribution is -0.118. The second kappa shape index (κ2) is 4.38. The van der Waals surface area contributed by atoms with Gasteiger partial charge in [-0.3, -0.25) is 4.79 Å². The summed E-state index contributed by atoms with van der Waals surface area (Å²) in [5.41, 5.74) is 1.06. The number of hydrogen-bond donors (Lipinski definition) is 2. The summed E-state index contributed by atoms with van der Waals surface area (Å²) in [6, 6.07) is 5.53. The minimum atomic E-state index is 0.144. The molecular weight excluding hydrogens is 256 g/mol. The summed E-state index contributed by atoms with van der Waals surface area (Å²) in [5.74, 6) is 1.76. The van der Waals surface area contributed by atoms with Crippen LogP contribution in [0.2, 0.25) is 0 Å². The molecule has 4 rings (SSSR count). The number of nitrogens with one attached hydrogen (secondary N) is 2. The zero-order valence-corrected chi connectivity index (χ0v) is 11.3. The molecule has 5 nitrogen and oxygen atoms in total. The van der Waals surface area contributed by atoms with Crippen molar-refractivity contribution < 1.29 is 14.3 Å². The van der Waals surface area contributed by atoms with Gasteiger partial charge in [0.05, 0.1) is 0 Å². The molecule has 5 heteroatoms. The molecule has 1 saturated heterocycles. The van der Waals surface area contributed by atoms with E-state index in [2.05, 4.69) is 10.6 Å². The van der Waals surface area contributed by atoms with E-state index >= 15 is 0 Å². The number of piperidine rings is 1. The maximum Gasteiger partial charge on any atom is 0.231 e. The Kier molecular flexibility index (Phi) is 2.63. The van der Waals surface area contributed by atoms with Crippen LogP contribution < -0.4 is 20.1 Å². The summed E-state index contributed by atoms with van der Waals surface area (Å²) < 4.78 is 10.6. The van der Waals surface area contributed by atoms with E-state index in [1.54, 1.807) is 0 Å². The molecule has 2 heterocycles. The minimum Gasteiger partial charge on any atom is -0.454 e. The predicted molar refractivity (Wildman–Crippen MR) is 73.8 cm³/mol. The molecule has 0 radical (unpaired) electrons. The molecule has 106 valence electrons. The SMILES string of the molecule is O=C(Nc1ccc2c(c1)OCO2)C1CC12CCNCC2. The number of ether oxygens (including phenoxy) is 2. The lowest BCUT2D eigenvalue weighted by Crippen LogP contribution is -2.31. The van der Waals surface area contributed by atoms with E-state index in [-0.39, 0.29) is 24.0 Å². The monoisotopic (exact) mass is 274 g/mol. The average molecular weight is 274 g/mol. The van der Waals surface area contributed by atoms with Gasteiger partial charge < -0.3 is 20.1 Å². The van der Waals surface area contributed by atoms with Crippen molar-refractivity contribution in [3.05, 3.63) is 18.2 Å². The van der Waals surface area contributed by atoms with Gasteiger partial charge in [-0.25, -0.2) is 0 Å². The summed E-state index contributed by atoms with van der Waals surface area (Å²) in [6.07, 6.45) is 3.27. The highest BCUT2D eigenvalue weighted by molar-refractivity contribution is 5.95. The average Bonchev–Trinajstić information content (AvgIpc) is 2.96. The Morgan fingerprint density at radius 3 is 2.90 bits per heavy atom. The van der Waals surface area contributed by atoms with E-state index < -0.39 is 0 Å². The molecule has 1 aromatic rings. The Hall–Kier alpha value is -1.75. The van der Waals surface area contributed by atoms with Crippen LogP contribution in [0, 0.1) is 11.3 Å². The fourth-order valence-electron chi connectivity index (χ4n) is 3.40. The molecule has 20 heavy (non-hydrogen) atoms. The predicted octanol–water partition coefficient (Wildman–Crippen LogP) is 1.74. The van der Waals surface area contributed by atoms with E-state index in [1.165, 1.54) is 0 Å². The Labute approximate surface area is 117 Å². The van der Waals surface area contributed by atoms with Crippen LogP contribution in [0.15, 0.2) is 18.2 Å². The number of benzene rings is 1. The molecule has 1 amide bonds. The lowest BCUT2D eigenvalue weighted by Gasteiger charge is -2.23. The molecule has 1 spiro atoms. The number of carbonyl (C=O) groups excluding carboxylic acids is 1. The molecule has 0 bridgehead atoms. The summed E-state index contributed by atoms with van der Waals surface area (Å²) in [6.45, 7) is 2.33. The van der Waals surface area contributed by atoms with E-state index in [9.17, 15) is 4.79 Å². The van der Waals surface area contributed by atoms with Crippen molar-refractivity contribution in [2.45, 2.75) is 19.3 Å². The standard InChI is InChI=1S/C15H18N2O3/c18-14(11-8-15(11)3-5-16-6-4-15)17-10-1-2-12-13(7-10)20-9-19-12/h1-2,7,11,16H,3-6,8-9H2,(H,17,18). The van der Waals surface area contributed by atoms with Crippen LogP contribution in [-0.4, -0.2) is 25.8 Å². The minimum absolute atomic E-state index is 0.144. The zero-order chi connectivity index (χ0) is 13.6. The first kappa shape index (κ1) is 12.0. The van der Waals surface area contributed by atoms with Crippen LogP contribution in [0.4, 0.5) is 5.69 Å². The quantitative estimate of drug-likeness (QED) is 0.862. The van der Waals surface area contributed by atoms with Crippen molar-refractivity contribution in [2.75, 3.05) is 25.2 Å². The number of fused-ring (bicyclic) bond motifs is 1. The van der Waals surface area contributed by atoms with Gasteiger partial charge in [-0.15, -0.1) is 0 Å². The van der Waals surface area contributed by atoms with Crippen molar-refractivity contribution in [1.29, 1.82) is 0 Å². The third-order valence-corrected chi connectivity index (χ3v) is 4.75. The van der Waals surface area contributed by atoms with Gasteiger partial charge in [0.25, 0.3) is 0 Å². The third kappa shape index (κ3) is 1.93. The molecule has 2 fully saturated rings. The smallest absolute Gasteiger partial charge is 0.231 e. The van der Waals surface area contributed by atoms with Gasteiger partial charge in [0.2, 0.25) is 12.7 Å². The van der Waals surface area contributed by atoms with Crippen LogP contribution >= 0.6 is 0 Å². The van der Waals surface area contributed by atoms with Crippen molar-refractivity contribution in [1.82, 2.24) is 5.32 Å². The largest absolute Gasteiger partial charge is 0.454 e. The molecule has 0 aromatic heterocycles. The van der Waals surface area contributed by atoms with Gasteiger partial charge in [0.1, 0.15) is 0 Å². The Morgan fingerprint density at radius 2 is 2.05 bits per heavy atom. The molecule has 1 saturated carbocycles. The first-order valence-corrected chi connectivity index (χ1v) is 7.18. The number of carbonyl (C=O) groups is 1. The van der Waals surface area contributed by atoms with Crippen LogP contribution in [0.25, 0.3) is 0 Å². The second-order valence-electron chi connectivity index (χ2n) is 5.93. The van der Waals surface area contributed by atoms with Gasteiger partial charge in [0, 0.05) is 17.7 Å². The van der Waals surface area contributed by atoms with Gasteiger partial charge in [0.15, 0.2) is 11.5 Å². The highest BCUT2D eigenvalue weighted by Gasteiger charge is 2.57. The van der Waals surface area contributed by atoms with Crippen molar-refractivity contribution in [2.24, 2.45) is 11.3 Å². The molecule has 1 atom stereocenters. The van der Waals surface area contributed by atoms with Gasteiger partial charge >= 0.3 is 0 Å². The van der Waals surface area contributed by atoms with Crippen LogP contribution in [-0.2, 0) is 4.79 Å². The highest BCUT2D eigenvalue weighted by atomic mass is 16.7. The second-order valence-corrected chi connectivity index (χ2v) is 5.93. The number of rotatable bonds is 2. The third-order valence-electron chi connectivity index (χ3n) is 4.75. The molecular formula is C15H18N2O3. The maximum atomic E-state index is 12.3. The molecule has 2 N–H and O–H groups in total. The van der Waals surface area contributed by atoms with E-state index in [0.29, 0.717) is 5.75 Å². The maximum absolute atomic E-state index is 12.3. The molecule has 1 aromatic carbocycles. The van der Waals surface area contributed by atoms with E-state index in [0.717, 1.165) is 43.8 Å². The van der Waals surface area contributed by atoms with Crippen molar-refractivity contribution in [3.8, 4) is 11.5 Å². The number of hydrogen-bond acceptors (Lipinski definition) is 4. The Balaban J connectivity index is 1.43. The topological polar surface area (TPSA) is 59.6 Å². The lowest BCUT2D eigenvalue weighted by atomic mass is 9.92. The highest BCUT2D eigenvalue weighted by Crippen LogP contribution is 2.58. The molecule has 1 unspecified atom stereocenters. The van der Waals surface area contributed by atoms with Crippen molar-refractivity contribution >= 4 is 11.6 Å². The molecule has 3 aliphatic rings. The molecule has 1 aliphatic carbocycles. The summed E-state index contributed by atoms with van der Waals surface area (Å²) in [5, 5.41) is 6.37. The van der Waals surface area contributed by atoms with Crippen LogP contribution in [0.3, 0.4) is 0 Å². The summed E-state index contributed by atoms with van der Waals surface area (Å²) in [7, 11) is 0. The van der Waals surface area contributed by atoms with Crippen LogP contribution in [0.1, 0.15) is 19.3 Å². The first-order chi connectivity index (χ1) is 9.77. The Bertz CT molecular complexity index is 552. The van der Waals surface area contributed by atoms with Crippen molar-refractivity contribution in [3.63, 3.8) is 0 Å². The summed E-state index contributed by atoms with van der Waals surface area (Å²) >= 11 is 0. The summed E-state index contributed by atoms with van der Waals surface area (Å²) in [4.78, 5) is 12.3. The zero-order valence-electron chi connectivity index (χ0n) is 11.3. The number of amides is 1. The molecule has 2 aliphatic heterocycles. The van der Waals surface area contributed by atoms with Gasteiger partial charge in [-0.05, 0) is 49.9 Å². The Morgan fingerprint density at radius 1 is 1.25 bits per heavy atom. The fraction of sp³-hybridized carbons (Fsp3) is 0.533. The number of anilines is 1.